The van der Waals surface area contributed by atoms with Crippen LogP contribution < -0.4 is 19.7 Å². The first-order valence-corrected chi connectivity index (χ1v) is 21.7. The molecule has 5 atom stereocenters. The van der Waals surface area contributed by atoms with E-state index in [0.717, 1.165) is 39.4 Å². The van der Waals surface area contributed by atoms with E-state index in [-0.39, 0.29) is 48.3 Å². The highest BCUT2D eigenvalue weighted by atomic mass is 28.3. The average molecular weight is 730 g/mol. The first-order valence-electron chi connectivity index (χ1n) is 18.6. The van der Waals surface area contributed by atoms with Crippen LogP contribution >= 0.6 is 0 Å². The zero-order valence-corrected chi connectivity index (χ0v) is 32.0. The molecule has 0 saturated carbocycles. The largest absolute Gasteiger partial charge is 0.497 e. The molecule has 0 aliphatic carbocycles. The van der Waals surface area contributed by atoms with Gasteiger partial charge < -0.3 is 24.4 Å². The number of para-hydroxylation sites is 1. The normalized spacial score (nSPS) is 25.1. The Hall–Kier alpha value is -4.77. The van der Waals surface area contributed by atoms with Crippen LogP contribution in [0.4, 0.5) is 17.1 Å². The number of fused-ring (bicyclic) bond motifs is 4. The minimum Gasteiger partial charge on any atom is -0.497 e. The molecule has 0 bridgehead atoms. The number of methoxy groups -OCH3 is 1. The second-order valence-electron chi connectivity index (χ2n) is 15.6. The fourth-order valence-electron chi connectivity index (χ4n) is 9.79. The number of benzene rings is 4. The molecule has 4 aliphatic heterocycles. The zero-order chi connectivity index (χ0) is 37.2. The molecule has 53 heavy (non-hydrogen) atoms. The Morgan fingerprint density at radius 2 is 1.62 bits per heavy atom. The maximum absolute atomic E-state index is 14.8. The maximum Gasteiger partial charge on any atom is 0.264 e. The second kappa shape index (κ2) is 13.3. The van der Waals surface area contributed by atoms with Gasteiger partial charge in [0.15, 0.2) is 5.60 Å². The summed E-state index contributed by atoms with van der Waals surface area (Å²) < 4.78 is 12.7. The molecule has 9 nitrogen and oxygen atoms in total. The first-order chi connectivity index (χ1) is 25.5. The van der Waals surface area contributed by atoms with Crippen molar-refractivity contribution in [3.8, 4) is 5.75 Å². The second-order valence-corrected chi connectivity index (χ2v) is 20.3. The van der Waals surface area contributed by atoms with E-state index in [1.54, 1.807) is 28.9 Å². The van der Waals surface area contributed by atoms with E-state index in [4.69, 9.17) is 9.47 Å². The number of carbonyl (C=O) groups is 3. The molecule has 1 spiro atoms. The summed E-state index contributed by atoms with van der Waals surface area (Å²) in [7, 11) is 0.918. The fourth-order valence-corrected chi connectivity index (χ4v) is 13.8. The van der Waals surface area contributed by atoms with Gasteiger partial charge in [0.25, 0.3) is 5.91 Å². The van der Waals surface area contributed by atoms with E-state index in [0.29, 0.717) is 31.5 Å². The van der Waals surface area contributed by atoms with Crippen LogP contribution in [0.3, 0.4) is 0 Å². The van der Waals surface area contributed by atoms with Gasteiger partial charge in [-0.3, -0.25) is 19.3 Å². The summed E-state index contributed by atoms with van der Waals surface area (Å²) in [4.78, 5) is 48.1. The Morgan fingerprint density at radius 3 is 2.34 bits per heavy atom. The van der Waals surface area contributed by atoms with E-state index >= 15 is 0 Å². The SMILES string of the molecule is COc1ccc([Si](C)(C)[C@H]2[C@H](CC(=O)N3Cc4ccccc4C[C@H]3CO)O[C@@]3(C(=O)N(C)c4ccc(N5C(=O)CCc6ccccc65)cc43)[C@@H]2C)cc1. The number of hydrogen-bond donors (Lipinski definition) is 1. The molecule has 0 radical (unpaired) electrons. The van der Waals surface area contributed by atoms with Crippen molar-refractivity contribution in [2.75, 3.05) is 30.6 Å². The predicted molar refractivity (Wildman–Crippen MR) is 208 cm³/mol. The van der Waals surface area contributed by atoms with Gasteiger partial charge in [-0.2, -0.15) is 0 Å². The van der Waals surface area contributed by atoms with Crippen LogP contribution in [0.5, 0.6) is 5.75 Å². The van der Waals surface area contributed by atoms with E-state index in [1.165, 1.54) is 5.19 Å². The number of carbonyl (C=O) groups excluding carboxylic acids is 3. The smallest absolute Gasteiger partial charge is 0.264 e. The highest BCUT2D eigenvalue weighted by Gasteiger charge is 2.66. The van der Waals surface area contributed by atoms with Gasteiger partial charge in [-0.05, 0) is 71.5 Å². The summed E-state index contributed by atoms with van der Waals surface area (Å²) in [6.07, 6.45) is 1.16. The van der Waals surface area contributed by atoms with Crippen LogP contribution in [-0.4, -0.2) is 68.7 Å². The van der Waals surface area contributed by atoms with Crippen LogP contribution in [0, 0.1) is 5.92 Å². The molecular weight excluding hydrogens is 683 g/mol. The molecule has 1 fully saturated rings. The summed E-state index contributed by atoms with van der Waals surface area (Å²) >= 11 is 0. The van der Waals surface area contributed by atoms with Gasteiger partial charge in [0.1, 0.15) is 5.75 Å². The standard InChI is InChI=1S/C43H47N3O6Si/c1-27-41(53(4,5)34-18-16-33(51-3)17-19-34)38(24-40(49)45-25-30-12-7-6-11-29(30)22-32(45)26-47)52-43(27)35-23-31(15-20-37(35)44(2)42(43)50)46-36-13-9-8-10-28(36)14-21-39(46)48/h6-13,15-20,23,27,32,38,41,47H,14,21-22,24-26H2,1-5H3/t27-,32+,38+,41-,43+/m1/s1. The number of anilines is 3. The van der Waals surface area contributed by atoms with Crippen molar-refractivity contribution < 1.29 is 29.0 Å². The highest BCUT2D eigenvalue weighted by molar-refractivity contribution is 6.91. The molecule has 4 aliphatic rings. The third-order valence-corrected chi connectivity index (χ3v) is 16.9. The van der Waals surface area contributed by atoms with Crippen LogP contribution in [0.25, 0.3) is 0 Å². The van der Waals surface area contributed by atoms with Gasteiger partial charge in [0.05, 0.1) is 51.7 Å². The maximum atomic E-state index is 14.8. The van der Waals surface area contributed by atoms with Crippen molar-refractivity contribution in [2.45, 2.75) is 75.5 Å². The van der Waals surface area contributed by atoms with Gasteiger partial charge in [0.2, 0.25) is 11.8 Å². The Balaban J connectivity index is 1.22. The van der Waals surface area contributed by atoms with Crippen molar-refractivity contribution in [3.63, 3.8) is 0 Å². The van der Waals surface area contributed by atoms with Crippen LogP contribution in [0.1, 0.15) is 42.0 Å². The van der Waals surface area contributed by atoms with Crippen LogP contribution in [-0.2, 0) is 44.1 Å². The third kappa shape index (κ3) is 5.53. The molecule has 10 heteroatoms. The van der Waals surface area contributed by atoms with Gasteiger partial charge in [-0.1, -0.05) is 79.8 Å². The number of aliphatic hydroxyl groups is 1. The Morgan fingerprint density at radius 1 is 0.925 bits per heavy atom. The monoisotopic (exact) mass is 729 g/mol. The molecule has 4 aromatic rings. The van der Waals surface area contributed by atoms with Crippen molar-refractivity contribution in [2.24, 2.45) is 5.92 Å². The molecule has 4 aromatic carbocycles. The summed E-state index contributed by atoms with van der Waals surface area (Å²) in [5, 5.41) is 11.6. The summed E-state index contributed by atoms with van der Waals surface area (Å²) in [5.41, 5.74) is 4.84. The number of amides is 3. The number of ether oxygens (including phenoxy) is 2. The Bertz CT molecular complexity index is 2100. The summed E-state index contributed by atoms with van der Waals surface area (Å²) in [5.74, 6) is 0.200. The minimum absolute atomic E-state index is 0.00621. The number of nitrogens with zero attached hydrogens (tertiary/aromatic N) is 3. The molecular formula is C43H47N3O6Si. The summed E-state index contributed by atoms with van der Waals surface area (Å²) in [6, 6.07) is 29.7. The van der Waals surface area contributed by atoms with Gasteiger partial charge in [0, 0.05) is 37.2 Å². The Labute approximate surface area is 312 Å². The van der Waals surface area contributed by atoms with Crippen molar-refractivity contribution in [3.05, 3.63) is 113 Å². The number of aryl methyl sites for hydroxylation is 1. The molecule has 0 unspecified atom stereocenters. The predicted octanol–water partition coefficient (Wildman–Crippen LogP) is 5.83. The lowest BCUT2D eigenvalue weighted by Crippen LogP contribution is -2.52. The van der Waals surface area contributed by atoms with Crippen LogP contribution in [0.2, 0.25) is 18.6 Å². The van der Waals surface area contributed by atoms with E-state index in [1.807, 2.05) is 66.7 Å². The molecule has 1 N–H and O–H groups in total. The van der Waals surface area contributed by atoms with Gasteiger partial charge >= 0.3 is 0 Å². The lowest BCUT2D eigenvalue weighted by atomic mass is 9.82. The van der Waals surface area contributed by atoms with E-state index < -0.39 is 19.8 Å². The van der Waals surface area contributed by atoms with Gasteiger partial charge in [-0.15, -0.1) is 0 Å². The summed E-state index contributed by atoms with van der Waals surface area (Å²) in [6.45, 7) is 6.98. The molecule has 4 heterocycles. The molecule has 8 rings (SSSR count). The van der Waals surface area contributed by atoms with Crippen molar-refractivity contribution >= 4 is 48.0 Å². The lowest BCUT2D eigenvalue weighted by molar-refractivity contribution is -0.150. The quantitative estimate of drug-likeness (QED) is 0.241. The number of likely N-dealkylation sites (N-methyl/N-ethyl adjacent to an activating group) is 1. The van der Waals surface area contributed by atoms with Crippen molar-refractivity contribution in [1.82, 2.24) is 4.90 Å². The number of aliphatic hydroxyl groups excluding tert-OH is 1. The zero-order valence-electron chi connectivity index (χ0n) is 31.0. The molecule has 274 valence electrons. The number of rotatable bonds is 7. The third-order valence-electron chi connectivity index (χ3n) is 12.6. The molecule has 1 saturated heterocycles. The number of hydrogen-bond acceptors (Lipinski definition) is 6. The fraction of sp³-hybridized carbons (Fsp3) is 0.372. The first kappa shape index (κ1) is 35.3. The molecule has 0 aromatic heterocycles. The topological polar surface area (TPSA) is 99.6 Å². The van der Waals surface area contributed by atoms with E-state index in [9.17, 15) is 19.5 Å². The van der Waals surface area contributed by atoms with E-state index in [2.05, 4.69) is 44.3 Å². The molecule has 3 amide bonds. The average Bonchev–Trinajstić information content (AvgIpc) is 3.59. The highest BCUT2D eigenvalue weighted by Crippen LogP contribution is 2.60. The van der Waals surface area contributed by atoms with Crippen molar-refractivity contribution in [1.29, 1.82) is 0 Å². The van der Waals surface area contributed by atoms with Gasteiger partial charge in [-0.25, -0.2) is 0 Å². The Kier molecular flexibility index (Phi) is 8.83. The lowest BCUT2D eigenvalue weighted by Gasteiger charge is -2.39. The minimum atomic E-state index is -2.51. The van der Waals surface area contributed by atoms with Crippen LogP contribution in [0.15, 0.2) is 91.0 Å².